The van der Waals surface area contributed by atoms with Crippen LogP contribution in [0, 0.1) is 0 Å². The van der Waals surface area contributed by atoms with Gasteiger partial charge in [0.15, 0.2) is 0 Å². The smallest absolute Gasteiger partial charge is 0.354 e. The number of carbonyl (C=O) groups is 2. The quantitative estimate of drug-likeness (QED) is 0.942. The van der Waals surface area contributed by atoms with E-state index in [0.717, 1.165) is 6.42 Å². The summed E-state index contributed by atoms with van der Waals surface area (Å²) in [6.45, 7) is 5.61. The van der Waals surface area contributed by atoms with E-state index < -0.39 is 5.97 Å². The molecule has 5 heteroatoms. The molecule has 0 fully saturated rings. The van der Waals surface area contributed by atoms with Crippen LogP contribution in [0.2, 0.25) is 0 Å². The van der Waals surface area contributed by atoms with Gasteiger partial charge in [0.1, 0.15) is 5.69 Å². The Balaban J connectivity index is 1.81. The maximum absolute atomic E-state index is 12.6. The fraction of sp³-hybridized carbons (Fsp3) is 0.316. The summed E-state index contributed by atoms with van der Waals surface area (Å²) in [5.74, 6) is -0.739. The van der Waals surface area contributed by atoms with E-state index in [-0.39, 0.29) is 11.6 Å². The van der Waals surface area contributed by atoms with Crippen molar-refractivity contribution in [2.24, 2.45) is 0 Å². The molecule has 0 bridgehead atoms. The van der Waals surface area contributed by atoms with Gasteiger partial charge in [-0.1, -0.05) is 32.0 Å². The highest BCUT2D eigenvalue weighted by Gasteiger charge is 2.24. The van der Waals surface area contributed by atoms with Crippen molar-refractivity contribution < 1.29 is 14.7 Å². The second kappa shape index (κ2) is 6.43. The highest BCUT2D eigenvalue weighted by Crippen LogP contribution is 2.28. The molecule has 1 N–H and O–H groups in total. The SMILES string of the molecule is CC(C)c1cccc2c1CCN(C(=O)c1ccc(C(=O)O)nc1)C2. The number of fused-ring (bicyclic) bond motifs is 1. The average molecular weight is 324 g/mol. The number of carboxylic acids is 1. The molecule has 3 rings (SSSR count). The molecule has 1 aliphatic heterocycles. The predicted octanol–water partition coefficient (Wildman–Crippen LogP) is 3.10. The first-order valence-electron chi connectivity index (χ1n) is 8.06. The molecule has 24 heavy (non-hydrogen) atoms. The number of aromatic nitrogens is 1. The van der Waals surface area contributed by atoms with Gasteiger partial charge in [-0.15, -0.1) is 0 Å². The van der Waals surface area contributed by atoms with E-state index in [1.165, 1.54) is 35.0 Å². The Labute approximate surface area is 140 Å². The number of amides is 1. The molecule has 124 valence electrons. The standard InChI is InChI=1S/C19H20N2O3/c1-12(2)15-5-3-4-14-11-21(9-8-16(14)15)18(22)13-6-7-17(19(23)24)20-10-13/h3-7,10,12H,8-9,11H2,1-2H3,(H,23,24). The summed E-state index contributed by atoms with van der Waals surface area (Å²) in [4.78, 5) is 29.1. The van der Waals surface area contributed by atoms with E-state index in [1.54, 1.807) is 4.90 Å². The maximum atomic E-state index is 12.6. The summed E-state index contributed by atoms with van der Waals surface area (Å²) >= 11 is 0. The molecule has 0 aliphatic carbocycles. The highest BCUT2D eigenvalue weighted by molar-refractivity contribution is 5.95. The fourth-order valence-corrected chi connectivity index (χ4v) is 3.18. The largest absolute Gasteiger partial charge is 0.477 e. The number of carbonyl (C=O) groups excluding carboxylic acids is 1. The zero-order valence-corrected chi connectivity index (χ0v) is 13.8. The average Bonchev–Trinajstić information content (AvgIpc) is 2.60. The van der Waals surface area contributed by atoms with Gasteiger partial charge in [0, 0.05) is 19.3 Å². The van der Waals surface area contributed by atoms with E-state index in [0.29, 0.717) is 24.6 Å². The van der Waals surface area contributed by atoms with E-state index in [2.05, 4.69) is 31.0 Å². The summed E-state index contributed by atoms with van der Waals surface area (Å²) in [5.41, 5.74) is 4.26. The van der Waals surface area contributed by atoms with Gasteiger partial charge in [0.25, 0.3) is 5.91 Å². The minimum absolute atomic E-state index is 0.0582. The Hall–Kier alpha value is -2.69. The van der Waals surface area contributed by atoms with Gasteiger partial charge in [-0.2, -0.15) is 0 Å². The van der Waals surface area contributed by atoms with Crippen molar-refractivity contribution >= 4 is 11.9 Å². The molecule has 0 spiro atoms. The minimum atomic E-state index is -1.10. The topological polar surface area (TPSA) is 70.5 Å². The third kappa shape index (κ3) is 3.02. The van der Waals surface area contributed by atoms with Gasteiger partial charge in [-0.05, 0) is 41.2 Å². The van der Waals surface area contributed by atoms with Gasteiger partial charge in [-0.25, -0.2) is 9.78 Å². The first kappa shape index (κ1) is 16.2. The molecule has 0 radical (unpaired) electrons. The molecule has 0 saturated heterocycles. The highest BCUT2D eigenvalue weighted by atomic mass is 16.4. The van der Waals surface area contributed by atoms with Crippen molar-refractivity contribution in [3.8, 4) is 0 Å². The third-order valence-electron chi connectivity index (χ3n) is 4.44. The number of nitrogens with zero attached hydrogens (tertiary/aromatic N) is 2. The number of benzene rings is 1. The van der Waals surface area contributed by atoms with Crippen molar-refractivity contribution in [2.75, 3.05) is 6.54 Å². The van der Waals surface area contributed by atoms with Crippen molar-refractivity contribution in [3.63, 3.8) is 0 Å². The van der Waals surface area contributed by atoms with Crippen LogP contribution in [0.25, 0.3) is 0 Å². The molecule has 1 aromatic heterocycles. The van der Waals surface area contributed by atoms with Crippen molar-refractivity contribution in [3.05, 3.63) is 64.5 Å². The van der Waals surface area contributed by atoms with E-state index in [9.17, 15) is 9.59 Å². The molecule has 2 heterocycles. The summed E-state index contributed by atoms with van der Waals surface area (Å²) < 4.78 is 0. The monoisotopic (exact) mass is 324 g/mol. The van der Waals surface area contributed by atoms with Crippen LogP contribution >= 0.6 is 0 Å². The van der Waals surface area contributed by atoms with Gasteiger partial charge in [-0.3, -0.25) is 4.79 Å². The molecule has 0 atom stereocenters. The van der Waals surface area contributed by atoms with Gasteiger partial charge in [0.05, 0.1) is 5.56 Å². The molecular weight excluding hydrogens is 304 g/mol. The molecule has 1 aliphatic rings. The molecule has 1 aromatic carbocycles. The Bertz CT molecular complexity index is 782. The number of rotatable bonds is 3. The summed E-state index contributed by atoms with van der Waals surface area (Å²) in [7, 11) is 0. The zero-order chi connectivity index (χ0) is 17.3. The summed E-state index contributed by atoms with van der Waals surface area (Å²) in [5, 5.41) is 8.89. The van der Waals surface area contributed by atoms with E-state index in [1.807, 2.05) is 6.07 Å². The van der Waals surface area contributed by atoms with Gasteiger partial charge >= 0.3 is 5.97 Å². The maximum Gasteiger partial charge on any atom is 0.354 e. The number of aromatic carboxylic acids is 1. The lowest BCUT2D eigenvalue weighted by Crippen LogP contribution is -2.36. The second-order valence-electron chi connectivity index (χ2n) is 6.35. The van der Waals surface area contributed by atoms with Crippen LogP contribution in [0.15, 0.2) is 36.5 Å². The third-order valence-corrected chi connectivity index (χ3v) is 4.44. The number of hydrogen-bond donors (Lipinski definition) is 1. The van der Waals surface area contributed by atoms with Crippen LogP contribution in [-0.2, 0) is 13.0 Å². The Morgan fingerprint density at radius 3 is 2.62 bits per heavy atom. The molecular formula is C19H20N2O3. The first-order chi connectivity index (χ1) is 11.5. The van der Waals surface area contributed by atoms with Crippen LogP contribution in [0.4, 0.5) is 0 Å². The van der Waals surface area contributed by atoms with Crippen LogP contribution in [0.1, 0.15) is 57.3 Å². The fourth-order valence-electron chi connectivity index (χ4n) is 3.18. The Morgan fingerprint density at radius 1 is 1.21 bits per heavy atom. The van der Waals surface area contributed by atoms with Crippen LogP contribution < -0.4 is 0 Å². The summed E-state index contributed by atoms with van der Waals surface area (Å²) in [6.07, 6.45) is 2.18. The predicted molar refractivity (Wildman–Crippen MR) is 90.2 cm³/mol. The van der Waals surface area contributed by atoms with E-state index >= 15 is 0 Å². The van der Waals surface area contributed by atoms with Crippen molar-refractivity contribution in [1.29, 1.82) is 0 Å². The molecule has 0 unspecified atom stereocenters. The molecule has 1 amide bonds. The molecule has 2 aromatic rings. The van der Waals surface area contributed by atoms with Gasteiger partial charge in [0.2, 0.25) is 0 Å². The minimum Gasteiger partial charge on any atom is -0.477 e. The number of hydrogen-bond acceptors (Lipinski definition) is 3. The van der Waals surface area contributed by atoms with E-state index in [4.69, 9.17) is 5.11 Å². The van der Waals surface area contributed by atoms with Crippen LogP contribution in [0.5, 0.6) is 0 Å². The lowest BCUT2D eigenvalue weighted by atomic mass is 9.89. The lowest BCUT2D eigenvalue weighted by Gasteiger charge is -2.31. The second-order valence-corrected chi connectivity index (χ2v) is 6.35. The first-order valence-corrected chi connectivity index (χ1v) is 8.06. The lowest BCUT2D eigenvalue weighted by molar-refractivity contribution is 0.0685. The van der Waals surface area contributed by atoms with Crippen molar-refractivity contribution in [2.45, 2.75) is 32.7 Å². The molecule has 0 saturated carbocycles. The van der Waals surface area contributed by atoms with Crippen LogP contribution in [-0.4, -0.2) is 33.4 Å². The normalized spacial score (nSPS) is 13.7. The number of carboxylic acid groups (broad SMARTS) is 1. The summed E-state index contributed by atoms with van der Waals surface area (Å²) in [6, 6.07) is 9.18. The zero-order valence-electron chi connectivity index (χ0n) is 13.8. The Kier molecular flexibility index (Phi) is 4.34. The van der Waals surface area contributed by atoms with Crippen LogP contribution in [0.3, 0.4) is 0 Å². The van der Waals surface area contributed by atoms with Gasteiger partial charge < -0.3 is 10.0 Å². The Morgan fingerprint density at radius 2 is 2.00 bits per heavy atom. The van der Waals surface area contributed by atoms with Crippen molar-refractivity contribution in [1.82, 2.24) is 9.88 Å². The number of pyridine rings is 1. The molecule has 5 nitrogen and oxygen atoms in total.